The molecule has 1 amide bonds. The standard InChI is InChI=1S/C33H41NO5/c1-4-5-6-7-8-9-10-14-23-38-33-30(36-2)24-26(25-31(33)37-3)17-22-32(35)34-27-18-20-29(21-19-27)39-28-15-12-11-13-16-28/h11-13,15-22,24-25H,4-10,14,23H2,1-3H3,(H,34,35)/b22-17+. The smallest absolute Gasteiger partial charge is 0.248 e. The number of ether oxygens (including phenoxy) is 4. The average molecular weight is 532 g/mol. The summed E-state index contributed by atoms with van der Waals surface area (Å²) in [6, 6.07) is 20.5. The molecule has 0 atom stereocenters. The van der Waals surface area contributed by atoms with Crippen LogP contribution in [0.2, 0.25) is 0 Å². The van der Waals surface area contributed by atoms with Crippen molar-refractivity contribution in [3.8, 4) is 28.7 Å². The van der Waals surface area contributed by atoms with Gasteiger partial charge in [0.25, 0.3) is 0 Å². The van der Waals surface area contributed by atoms with Crippen molar-refractivity contribution >= 4 is 17.7 Å². The number of carbonyl (C=O) groups excluding carboxylic acids is 1. The topological polar surface area (TPSA) is 66.0 Å². The zero-order valence-electron chi connectivity index (χ0n) is 23.4. The molecule has 0 fully saturated rings. The van der Waals surface area contributed by atoms with Gasteiger partial charge >= 0.3 is 0 Å². The molecular formula is C33H41NO5. The molecule has 1 N–H and O–H groups in total. The maximum Gasteiger partial charge on any atom is 0.248 e. The maximum atomic E-state index is 12.5. The fraction of sp³-hybridized carbons (Fsp3) is 0.364. The third kappa shape index (κ3) is 10.4. The first-order chi connectivity index (χ1) is 19.1. The number of carbonyl (C=O) groups is 1. The second-order valence-corrected chi connectivity index (χ2v) is 9.34. The summed E-state index contributed by atoms with van der Waals surface area (Å²) in [5.74, 6) is 2.93. The van der Waals surface area contributed by atoms with E-state index in [0.29, 0.717) is 35.3 Å². The van der Waals surface area contributed by atoms with Crippen LogP contribution >= 0.6 is 0 Å². The molecule has 0 spiro atoms. The molecule has 0 heterocycles. The summed E-state index contributed by atoms with van der Waals surface area (Å²) in [6.45, 7) is 2.85. The van der Waals surface area contributed by atoms with E-state index in [9.17, 15) is 4.79 Å². The van der Waals surface area contributed by atoms with Crippen LogP contribution in [0.4, 0.5) is 5.69 Å². The van der Waals surface area contributed by atoms with Gasteiger partial charge in [-0.25, -0.2) is 0 Å². The lowest BCUT2D eigenvalue weighted by Gasteiger charge is -2.15. The van der Waals surface area contributed by atoms with Gasteiger partial charge in [-0.1, -0.05) is 70.1 Å². The van der Waals surface area contributed by atoms with Crippen LogP contribution in [0.1, 0.15) is 63.9 Å². The highest BCUT2D eigenvalue weighted by Gasteiger charge is 2.14. The van der Waals surface area contributed by atoms with Gasteiger partial charge in [-0.3, -0.25) is 4.79 Å². The highest BCUT2D eigenvalue weighted by Crippen LogP contribution is 2.39. The molecule has 0 aliphatic carbocycles. The monoisotopic (exact) mass is 531 g/mol. The maximum absolute atomic E-state index is 12.5. The third-order valence-electron chi connectivity index (χ3n) is 6.26. The lowest BCUT2D eigenvalue weighted by Crippen LogP contribution is -2.07. The van der Waals surface area contributed by atoms with Gasteiger partial charge in [0.2, 0.25) is 11.7 Å². The van der Waals surface area contributed by atoms with E-state index in [0.717, 1.165) is 24.2 Å². The quantitative estimate of drug-likeness (QED) is 0.139. The van der Waals surface area contributed by atoms with Crippen molar-refractivity contribution in [3.63, 3.8) is 0 Å². The molecule has 0 unspecified atom stereocenters. The Morgan fingerprint density at radius 3 is 1.97 bits per heavy atom. The molecule has 39 heavy (non-hydrogen) atoms. The molecule has 6 nitrogen and oxygen atoms in total. The van der Waals surface area contributed by atoms with E-state index >= 15 is 0 Å². The van der Waals surface area contributed by atoms with E-state index in [1.165, 1.54) is 44.6 Å². The Labute approximate surface area is 232 Å². The van der Waals surface area contributed by atoms with E-state index in [1.807, 2.05) is 54.6 Å². The molecule has 0 aliphatic heterocycles. The highest BCUT2D eigenvalue weighted by atomic mass is 16.5. The van der Waals surface area contributed by atoms with Gasteiger partial charge in [0, 0.05) is 11.8 Å². The lowest BCUT2D eigenvalue weighted by atomic mass is 10.1. The normalized spacial score (nSPS) is 10.8. The van der Waals surface area contributed by atoms with E-state index in [-0.39, 0.29) is 5.91 Å². The Morgan fingerprint density at radius 2 is 1.36 bits per heavy atom. The molecule has 3 rings (SSSR count). The molecule has 0 aliphatic rings. The predicted octanol–water partition coefficient (Wildman–Crippen LogP) is 8.67. The first-order valence-corrected chi connectivity index (χ1v) is 13.8. The van der Waals surface area contributed by atoms with Crippen LogP contribution in [-0.2, 0) is 4.79 Å². The number of para-hydroxylation sites is 1. The van der Waals surface area contributed by atoms with Crippen molar-refractivity contribution in [3.05, 3.63) is 78.4 Å². The van der Waals surface area contributed by atoms with Gasteiger partial charge < -0.3 is 24.3 Å². The number of hydrogen-bond donors (Lipinski definition) is 1. The third-order valence-corrected chi connectivity index (χ3v) is 6.26. The zero-order valence-corrected chi connectivity index (χ0v) is 23.4. The minimum atomic E-state index is -0.250. The summed E-state index contributed by atoms with van der Waals surface area (Å²) < 4.78 is 23.0. The summed E-state index contributed by atoms with van der Waals surface area (Å²) in [5, 5.41) is 2.86. The summed E-state index contributed by atoms with van der Waals surface area (Å²) in [6.07, 6.45) is 13.1. The van der Waals surface area contributed by atoms with Crippen molar-refractivity contribution in [2.75, 3.05) is 26.1 Å². The van der Waals surface area contributed by atoms with Gasteiger partial charge in [-0.2, -0.15) is 0 Å². The summed E-state index contributed by atoms with van der Waals surface area (Å²) in [4.78, 5) is 12.5. The minimum Gasteiger partial charge on any atom is -0.493 e. The second kappa shape index (κ2) is 16.8. The molecule has 208 valence electrons. The Balaban J connectivity index is 1.51. The fourth-order valence-electron chi connectivity index (χ4n) is 4.14. The Kier molecular flexibility index (Phi) is 12.8. The summed E-state index contributed by atoms with van der Waals surface area (Å²) in [7, 11) is 3.20. The van der Waals surface area contributed by atoms with Crippen molar-refractivity contribution in [1.29, 1.82) is 0 Å². The predicted molar refractivity (Wildman–Crippen MR) is 158 cm³/mol. The van der Waals surface area contributed by atoms with E-state index in [1.54, 1.807) is 32.4 Å². The first-order valence-electron chi connectivity index (χ1n) is 13.8. The van der Waals surface area contributed by atoms with Gasteiger partial charge in [-0.05, 0) is 66.6 Å². The van der Waals surface area contributed by atoms with Crippen molar-refractivity contribution in [2.24, 2.45) is 0 Å². The van der Waals surface area contributed by atoms with Crippen LogP contribution < -0.4 is 24.3 Å². The number of anilines is 1. The van der Waals surface area contributed by atoms with Crippen LogP contribution in [0.3, 0.4) is 0 Å². The molecule has 0 saturated heterocycles. The number of hydrogen-bond acceptors (Lipinski definition) is 5. The van der Waals surface area contributed by atoms with E-state index in [4.69, 9.17) is 18.9 Å². The van der Waals surface area contributed by atoms with Gasteiger partial charge in [0.05, 0.1) is 20.8 Å². The number of methoxy groups -OCH3 is 2. The molecule has 3 aromatic rings. The van der Waals surface area contributed by atoms with Crippen LogP contribution in [0.15, 0.2) is 72.8 Å². The number of nitrogens with one attached hydrogen (secondary N) is 1. The number of amides is 1. The fourth-order valence-corrected chi connectivity index (χ4v) is 4.14. The summed E-state index contributed by atoms with van der Waals surface area (Å²) in [5.41, 5.74) is 1.44. The molecule has 0 saturated carbocycles. The van der Waals surface area contributed by atoms with Gasteiger partial charge in [0.1, 0.15) is 11.5 Å². The van der Waals surface area contributed by atoms with Gasteiger partial charge in [0.15, 0.2) is 11.5 Å². The Hall–Kier alpha value is -3.93. The number of benzene rings is 3. The van der Waals surface area contributed by atoms with Crippen LogP contribution in [-0.4, -0.2) is 26.7 Å². The van der Waals surface area contributed by atoms with Gasteiger partial charge in [-0.15, -0.1) is 0 Å². The lowest BCUT2D eigenvalue weighted by molar-refractivity contribution is -0.111. The molecule has 3 aromatic carbocycles. The van der Waals surface area contributed by atoms with Crippen molar-refractivity contribution in [2.45, 2.75) is 58.3 Å². The Bertz CT molecular complexity index is 1130. The molecule has 0 aromatic heterocycles. The highest BCUT2D eigenvalue weighted by molar-refractivity contribution is 6.02. The Morgan fingerprint density at radius 1 is 0.769 bits per heavy atom. The first kappa shape index (κ1) is 29.6. The van der Waals surface area contributed by atoms with Crippen LogP contribution in [0.25, 0.3) is 6.08 Å². The van der Waals surface area contributed by atoms with Crippen LogP contribution in [0.5, 0.6) is 28.7 Å². The SMILES string of the molecule is CCCCCCCCCCOc1c(OC)cc(/C=C/C(=O)Nc2ccc(Oc3ccccc3)cc2)cc1OC. The number of unbranched alkanes of at least 4 members (excludes halogenated alkanes) is 7. The average Bonchev–Trinajstić information content (AvgIpc) is 2.96. The minimum absolute atomic E-state index is 0.250. The van der Waals surface area contributed by atoms with Crippen molar-refractivity contribution in [1.82, 2.24) is 0 Å². The molecule has 0 bridgehead atoms. The van der Waals surface area contributed by atoms with E-state index in [2.05, 4.69) is 12.2 Å². The second-order valence-electron chi connectivity index (χ2n) is 9.34. The molecule has 6 heteroatoms. The molecule has 0 radical (unpaired) electrons. The summed E-state index contributed by atoms with van der Waals surface area (Å²) >= 11 is 0. The van der Waals surface area contributed by atoms with Crippen LogP contribution in [0, 0.1) is 0 Å². The van der Waals surface area contributed by atoms with E-state index < -0.39 is 0 Å². The number of rotatable bonds is 17. The molecular weight excluding hydrogens is 490 g/mol. The largest absolute Gasteiger partial charge is 0.493 e. The zero-order chi connectivity index (χ0) is 27.7. The van der Waals surface area contributed by atoms with Crippen molar-refractivity contribution < 1.29 is 23.7 Å².